The van der Waals surface area contributed by atoms with E-state index in [4.69, 9.17) is 14.2 Å². The molecular formula is C8H16O5. The molecule has 13 heavy (non-hydrogen) atoms. The fourth-order valence-corrected chi connectivity index (χ4v) is 1.59. The van der Waals surface area contributed by atoms with Crippen LogP contribution in [0.1, 0.15) is 6.92 Å². The van der Waals surface area contributed by atoms with Crippen LogP contribution in [0.2, 0.25) is 0 Å². The van der Waals surface area contributed by atoms with Gasteiger partial charge in [-0.2, -0.15) is 0 Å². The van der Waals surface area contributed by atoms with E-state index in [1.54, 1.807) is 6.92 Å². The van der Waals surface area contributed by atoms with E-state index >= 15 is 0 Å². The Hall–Kier alpha value is -0.200. The number of hydrogen-bond donors (Lipinski definition) is 2. The van der Waals surface area contributed by atoms with Crippen molar-refractivity contribution in [2.45, 2.75) is 37.6 Å². The maximum Gasteiger partial charge on any atom is 0.184 e. The standard InChI is InChI=1S/C8H16O5/c1-4-6(11-2)5(9)7(12-3)8(10)13-4/h4-10H,1-3H3/t4-,5+,6+,7-,8?/m1/s1. The summed E-state index contributed by atoms with van der Waals surface area (Å²) in [6.45, 7) is 1.73. The smallest absolute Gasteiger partial charge is 0.184 e. The lowest BCUT2D eigenvalue weighted by molar-refractivity contribution is -0.287. The highest BCUT2D eigenvalue weighted by molar-refractivity contribution is 4.88. The SMILES string of the molecule is CO[C@@H]1[C@H](O)[C@@H](OC)C(O)O[C@@H]1C. The van der Waals surface area contributed by atoms with Gasteiger partial charge in [0.15, 0.2) is 6.29 Å². The molecule has 0 aromatic rings. The first-order valence-corrected chi connectivity index (χ1v) is 4.19. The predicted octanol–water partition coefficient (Wildman–Crippen LogP) is -0.886. The minimum absolute atomic E-state index is 0.346. The number of hydrogen-bond acceptors (Lipinski definition) is 5. The van der Waals surface area contributed by atoms with Gasteiger partial charge in [-0.05, 0) is 6.92 Å². The lowest BCUT2D eigenvalue weighted by Gasteiger charge is -2.40. The van der Waals surface area contributed by atoms with Gasteiger partial charge in [-0.25, -0.2) is 0 Å². The molecule has 0 aliphatic carbocycles. The summed E-state index contributed by atoms with van der Waals surface area (Å²) in [6, 6.07) is 0. The van der Waals surface area contributed by atoms with Gasteiger partial charge in [0.05, 0.1) is 6.10 Å². The summed E-state index contributed by atoms with van der Waals surface area (Å²) in [5.74, 6) is 0. The van der Waals surface area contributed by atoms with Crippen LogP contribution in [0.3, 0.4) is 0 Å². The molecule has 1 aliphatic rings. The first kappa shape index (κ1) is 10.9. The van der Waals surface area contributed by atoms with Crippen molar-refractivity contribution in [3.8, 4) is 0 Å². The summed E-state index contributed by atoms with van der Waals surface area (Å²) in [7, 11) is 2.89. The van der Waals surface area contributed by atoms with Gasteiger partial charge < -0.3 is 24.4 Å². The predicted molar refractivity (Wildman–Crippen MR) is 44.2 cm³/mol. The van der Waals surface area contributed by atoms with Crippen molar-refractivity contribution in [1.29, 1.82) is 0 Å². The first-order chi connectivity index (χ1) is 6.11. The zero-order valence-electron chi connectivity index (χ0n) is 8.01. The summed E-state index contributed by atoms with van der Waals surface area (Å²) in [6.07, 6.45) is -3.52. The van der Waals surface area contributed by atoms with Gasteiger partial charge in [-0.15, -0.1) is 0 Å². The van der Waals surface area contributed by atoms with E-state index < -0.39 is 24.6 Å². The normalized spacial score (nSPS) is 46.4. The van der Waals surface area contributed by atoms with Crippen molar-refractivity contribution in [3.63, 3.8) is 0 Å². The van der Waals surface area contributed by atoms with E-state index in [0.29, 0.717) is 0 Å². The third kappa shape index (κ3) is 2.00. The van der Waals surface area contributed by atoms with Crippen molar-refractivity contribution in [2.75, 3.05) is 14.2 Å². The van der Waals surface area contributed by atoms with E-state index in [1.807, 2.05) is 0 Å². The van der Waals surface area contributed by atoms with Crippen molar-refractivity contribution in [1.82, 2.24) is 0 Å². The Labute approximate surface area is 77.2 Å². The maximum absolute atomic E-state index is 9.68. The number of methoxy groups -OCH3 is 2. The van der Waals surface area contributed by atoms with Gasteiger partial charge in [0.2, 0.25) is 0 Å². The third-order valence-electron chi connectivity index (χ3n) is 2.32. The van der Waals surface area contributed by atoms with E-state index in [9.17, 15) is 10.2 Å². The van der Waals surface area contributed by atoms with E-state index in [-0.39, 0.29) is 6.10 Å². The second kappa shape index (κ2) is 4.34. The van der Waals surface area contributed by atoms with Gasteiger partial charge in [-0.3, -0.25) is 0 Å². The van der Waals surface area contributed by atoms with Crippen LogP contribution in [0.25, 0.3) is 0 Å². The van der Waals surface area contributed by atoms with Crippen molar-refractivity contribution in [3.05, 3.63) is 0 Å². The Morgan fingerprint density at radius 3 is 2.08 bits per heavy atom. The molecule has 1 heterocycles. The molecule has 0 bridgehead atoms. The van der Waals surface area contributed by atoms with Gasteiger partial charge in [-0.1, -0.05) is 0 Å². The number of rotatable bonds is 2. The second-order valence-corrected chi connectivity index (χ2v) is 3.12. The molecule has 0 spiro atoms. The monoisotopic (exact) mass is 192 g/mol. The van der Waals surface area contributed by atoms with Crippen LogP contribution < -0.4 is 0 Å². The quantitative estimate of drug-likeness (QED) is 0.594. The minimum Gasteiger partial charge on any atom is -0.387 e. The van der Waals surface area contributed by atoms with Crippen LogP contribution in [0.15, 0.2) is 0 Å². The molecule has 0 saturated carbocycles. The van der Waals surface area contributed by atoms with Crippen LogP contribution in [0.5, 0.6) is 0 Å². The topological polar surface area (TPSA) is 68.2 Å². The molecule has 5 heteroatoms. The van der Waals surface area contributed by atoms with E-state index in [1.165, 1.54) is 14.2 Å². The maximum atomic E-state index is 9.68. The summed E-state index contributed by atoms with van der Waals surface area (Å²) in [5.41, 5.74) is 0. The highest BCUT2D eigenvalue weighted by atomic mass is 16.7. The summed E-state index contributed by atoms with van der Waals surface area (Å²) < 4.78 is 15.0. The number of aliphatic hydroxyl groups is 2. The molecule has 1 saturated heterocycles. The first-order valence-electron chi connectivity index (χ1n) is 4.19. The zero-order chi connectivity index (χ0) is 10.0. The lowest BCUT2D eigenvalue weighted by atomic mass is 10.00. The Bertz CT molecular complexity index is 147. The molecule has 5 atom stereocenters. The molecule has 2 N–H and O–H groups in total. The Morgan fingerprint density at radius 1 is 1.08 bits per heavy atom. The molecule has 1 unspecified atom stereocenters. The zero-order valence-corrected chi connectivity index (χ0v) is 8.01. The lowest BCUT2D eigenvalue weighted by Crippen LogP contribution is -2.57. The fraction of sp³-hybridized carbons (Fsp3) is 1.00. The Kier molecular flexibility index (Phi) is 3.63. The van der Waals surface area contributed by atoms with Crippen LogP contribution in [-0.4, -0.2) is 55.1 Å². The molecule has 1 rings (SSSR count). The highest BCUT2D eigenvalue weighted by Crippen LogP contribution is 2.23. The van der Waals surface area contributed by atoms with Crippen molar-refractivity contribution in [2.24, 2.45) is 0 Å². The van der Waals surface area contributed by atoms with Gasteiger partial charge in [0, 0.05) is 14.2 Å². The van der Waals surface area contributed by atoms with Crippen molar-refractivity contribution >= 4 is 0 Å². The molecule has 0 amide bonds. The Balaban J connectivity index is 2.69. The van der Waals surface area contributed by atoms with Gasteiger partial charge in [0.25, 0.3) is 0 Å². The molecule has 1 aliphatic heterocycles. The Morgan fingerprint density at radius 2 is 1.62 bits per heavy atom. The number of aliphatic hydroxyl groups excluding tert-OH is 2. The fourth-order valence-electron chi connectivity index (χ4n) is 1.59. The van der Waals surface area contributed by atoms with Crippen molar-refractivity contribution < 1.29 is 24.4 Å². The molecule has 78 valence electrons. The molecule has 5 nitrogen and oxygen atoms in total. The average molecular weight is 192 g/mol. The summed E-state index contributed by atoms with van der Waals surface area (Å²) in [4.78, 5) is 0. The highest BCUT2D eigenvalue weighted by Gasteiger charge is 2.43. The summed E-state index contributed by atoms with van der Waals surface area (Å²) in [5, 5.41) is 19.0. The van der Waals surface area contributed by atoms with Crippen LogP contribution in [-0.2, 0) is 14.2 Å². The minimum atomic E-state index is -1.10. The van der Waals surface area contributed by atoms with Crippen LogP contribution in [0.4, 0.5) is 0 Å². The molecule has 0 aromatic carbocycles. The molecular weight excluding hydrogens is 176 g/mol. The third-order valence-corrected chi connectivity index (χ3v) is 2.32. The van der Waals surface area contributed by atoms with Crippen LogP contribution >= 0.6 is 0 Å². The average Bonchev–Trinajstić information content (AvgIpc) is 2.04. The second-order valence-electron chi connectivity index (χ2n) is 3.12. The molecule has 0 radical (unpaired) electrons. The van der Waals surface area contributed by atoms with Gasteiger partial charge in [0.1, 0.15) is 18.3 Å². The molecule has 1 fully saturated rings. The van der Waals surface area contributed by atoms with Crippen LogP contribution in [0, 0.1) is 0 Å². The summed E-state index contributed by atoms with van der Waals surface area (Å²) >= 11 is 0. The van der Waals surface area contributed by atoms with E-state index in [2.05, 4.69) is 0 Å². The largest absolute Gasteiger partial charge is 0.387 e. The number of ether oxygens (including phenoxy) is 3. The van der Waals surface area contributed by atoms with Gasteiger partial charge >= 0.3 is 0 Å². The molecule has 0 aromatic heterocycles. The van der Waals surface area contributed by atoms with E-state index in [0.717, 1.165) is 0 Å².